The zero-order chi connectivity index (χ0) is 17.4. The molecule has 0 aliphatic carbocycles. The highest BCUT2D eigenvalue weighted by atomic mass is 32.1. The predicted molar refractivity (Wildman–Crippen MR) is 106 cm³/mol. The maximum absolute atomic E-state index is 4.38. The minimum Gasteiger partial charge on any atom is -0.356 e. The molecule has 2 rings (SSSR count). The van der Waals surface area contributed by atoms with Gasteiger partial charge in [-0.05, 0) is 53.5 Å². The van der Waals surface area contributed by atoms with Crippen molar-refractivity contribution in [3.63, 3.8) is 0 Å². The van der Waals surface area contributed by atoms with Gasteiger partial charge in [-0.25, -0.2) is 0 Å². The van der Waals surface area contributed by atoms with Gasteiger partial charge in [0.2, 0.25) is 0 Å². The minimum atomic E-state index is 0.411. The Bertz CT molecular complexity index is 482. The van der Waals surface area contributed by atoms with Crippen molar-refractivity contribution in [2.24, 2.45) is 10.4 Å². The Hall–Kier alpha value is -1.07. The molecule has 0 atom stereocenters. The van der Waals surface area contributed by atoms with E-state index in [0.717, 1.165) is 32.1 Å². The van der Waals surface area contributed by atoms with Crippen molar-refractivity contribution in [1.82, 2.24) is 15.5 Å². The minimum absolute atomic E-state index is 0.411. The Morgan fingerprint density at radius 2 is 2.08 bits per heavy atom. The summed E-state index contributed by atoms with van der Waals surface area (Å²) in [5.41, 5.74) is 1.86. The average molecular weight is 351 g/mol. The Balaban J connectivity index is 1.64. The largest absolute Gasteiger partial charge is 0.356 e. The van der Waals surface area contributed by atoms with Gasteiger partial charge < -0.3 is 10.6 Å². The fourth-order valence-corrected chi connectivity index (χ4v) is 3.75. The van der Waals surface area contributed by atoms with E-state index in [1.807, 2.05) is 7.05 Å². The Morgan fingerprint density at radius 1 is 1.33 bits per heavy atom. The lowest BCUT2D eigenvalue weighted by Crippen LogP contribution is -2.48. The summed E-state index contributed by atoms with van der Waals surface area (Å²) in [6.07, 6.45) is 4.79. The number of rotatable bonds is 6. The summed E-state index contributed by atoms with van der Waals surface area (Å²) in [5, 5.41) is 11.5. The molecule has 5 heteroatoms. The molecular formula is C19H34N4S. The fourth-order valence-electron chi connectivity index (χ4n) is 3.09. The standard InChI is InChI=1S/C19H34N4S/c1-19(2,3)9-5-10-21-18(20-4)22-17-6-11-23(12-7-17)14-16-8-13-24-15-16/h8,13,15,17H,5-7,9-12,14H2,1-4H3,(H2,20,21,22). The summed E-state index contributed by atoms with van der Waals surface area (Å²) in [7, 11) is 1.87. The maximum atomic E-state index is 4.38. The molecule has 4 nitrogen and oxygen atoms in total. The molecule has 1 aromatic rings. The van der Waals surface area contributed by atoms with Crippen LogP contribution in [0.15, 0.2) is 21.8 Å². The van der Waals surface area contributed by atoms with E-state index in [-0.39, 0.29) is 0 Å². The van der Waals surface area contributed by atoms with Crippen molar-refractivity contribution < 1.29 is 0 Å². The Labute approximate surface area is 151 Å². The van der Waals surface area contributed by atoms with Crippen LogP contribution in [0.2, 0.25) is 0 Å². The highest BCUT2D eigenvalue weighted by Gasteiger charge is 2.20. The Morgan fingerprint density at radius 3 is 2.67 bits per heavy atom. The molecule has 0 radical (unpaired) electrons. The van der Waals surface area contributed by atoms with Crippen molar-refractivity contribution in [2.45, 2.75) is 59.0 Å². The van der Waals surface area contributed by atoms with Crippen LogP contribution in [0.3, 0.4) is 0 Å². The lowest BCUT2D eigenvalue weighted by Gasteiger charge is -2.33. The van der Waals surface area contributed by atoms with E-state index in [1.165, 1.54) is 31.2 Å². The zero-order valence-electron chi connectivity index (χ0n) is 15.8. The molecule has 0 spiro atoms. The highest BCUT2D eigenvalue weighted by Crippen LogP contribution is 2.19. The molecule has 2 N–H and O–H groups in total. The number of hydrogen-bond acceptors (Lipinski definition) is 3. The smallest absolute Gasteiger partial charge is 0.191 e. The molecule has 1 aliphatic rings. The molecule has 1 fully saturated rings. The molecule has 136 valence electrons. The fraction of sp³-hybridized carbons (Fsp3) is 0.737. The van der Waals surface area contributed by atoms with Crippen LogP contribution >= 0.6 is 11.3 Å². The summed E-state index contributed by atoms with van der Waals surface area (Å²) in [6.45, 7) is 11.3. The predicted octanol–water partition coefficient (Wildman–Crippen LogP) is 3.70. The van der Waals surface area contributed by atoms with Crippen molar-refractivity contribution in [3.8, 4) is 0 Å². The van der Waals surface area contributed by atoms with Gasteiger partial charge in [-0.2, -0.15) is 11.3 Å². The molecule has 0 amide bonds. The summed E-state index contributed by atoms with van der Waals surface area (Å²) in [4.78, 5) is 6.93. The molecule has 0 aromatic carbocycles. The van der Waals surface area contributed by atoms with Gasteiger partial charge in [-0.1, -0.05) is 20.8 Å². The van der Waals surface area contributed by atoms with Gasteiger partial charge in [-0.15, -0.1) is 0 Å². The number of aliphatic imine (C=N–C) groups is 1. The SMILES string of the molecule is CN=C(NCCCC(C)(C)C)NC1CCN(Cc2ccsc2)CC1. The number of nitrogens with one attached hydrogen (secondary N) is 2. The Kier molecular flexibility index (Phi) is 7.56. The van der Waals surface area contributed by atoms with Crippen LogP contribution in [0.1, 0.15) is 52.0 Å². The van der Waals surface area contributed by atoms with E-state index in [1.54, 1.807) is 11.3 Å². The van der Waals surface area contributed by atoms with E-state index >= 15 is 0 Å². The molecule has 0 saturated carbocycles. The van der Waals surface area contributed by atoms with Gasteiger partial charge >= 0.3 is 0 Å². The third-order valence-electron chi connectivity index (χ3n) is 4.53. The lowest BCUT2D eigenvalue weighted by molar-refractivity contribution is 0.198. The second kappa shape index (κ2) is 9.42. The van der Waals surface area contributed by atoms with Crippen LogP contribution in [0.4, 0.5) is 0 Å². The molecule has 0 unspecified atom stereocenters. The van der Waals surface area contributed by atoms with Crippen molar-refractivity contribution in [2.75, 3.05) is 26.7 Å². The van der Waals surface area contributed by atoms with Crippen LogP contribution < -0.4 is 10.6 Å². The monoisotopic (exact) mass is 350 g/mol. The second-order valence-electron chi connectivity index (χ2n) is 7.99. The third kappa shape index (κ3) is 7.22. The first-order valence-corrected chi connectivity index (χ1v) is 10.1. The second-order valence-corrected chi connectivity index (χ2v) is 8.77. The molecule has 24 heavy (non-hydrogen) atoms. The lowest BCUT2D eigenvalue weighted by atomic mass is 9.91. The van der Waals surface area contributed by atoms with Crippen molar-refractivity contribution in [3.05, 3.63) is 22.4 Å². The summed E-state index contributed by atoms with van der Waals surface area (Å²) < 4.78 is 0. The maximum Gasteiger partial charge on any atom is 0.191 e. The average Bonchev–Trinajstić information content (AvgIpc) is 3.04. The molecule has 0 bridgehead atoms. The first-order valence-electron chi connectivity index (χ1n) is 9.17. The zero-order valence-corrected chi connectivity index (χ0v) is 16.6. The van der Waals surface area contributed by atoms with Gasteiger partial charge in [0.05, 0.1) is 0 Å². The molecule has 2 heterocycles. The van der Waals surface area contributed by atoms with E-state index < -0.39 is 0 Å². The first kappa shape index (κ1) is 19.3. The van der Waals surface area contributed by atoms with Crippen LogP contribution in [-0.4, -0.2) is 43.6 Å². The van der Waals surface area contributed by atoms with Crippen LogP contribution in [-0.2, 0) is 6.54 Å². The van der Waals surface area contributed by atoms with E-state index in [0.29, 0.717) is 11.5 Å². The number of likely N-dealkylation sites (tertiary alicyclic amines) is 1. The topological polar surface area (TPSA) is 39.7 Å². The number of thiophene rings is 1. The summed E-state index contributed by atoms with van der Waals surface area (Å²) >= 11 is 1.79. The van der Waals surface area contributed by atoms with Crippen LogP contribution in [0.25, 0.3) is 0 Å². The van der Waals surface area contributed by atoms with Crippen molar-refractivity contribution in [1.29, 1.82) is 0 Å². The molecular weight excluding hydrogens is 316 g/mol. The number of hydrogen-bond donors (Lipinski definition) is 2. The van der Waals surface area contributed by atoms with E-state index in [2.05, 4.69) is 58.1 Å². The quantitative estimate of drug-likeness (QED) is 0.467. The van der Waals surface area contributed by atoms with E-state index in [4.69, 9.17) is 0 Å². The highest BCUT2D eigenvalue weighted by molar-refractivity contribution is 7.07. The first-order chi connectivity index (χ1) is 11.5. The van der Waals surface area contributed by atoms with Crippen LogP contribution in [0.5, 0.6) is 0 Å². The molecule has 1 aromatic heterocycles. The van der Waals surface area contributed by atoms with E-state index in [9.17, 15) is 0 Å². The van der Waals surface area contributed by atoms with Crippen LogP contribution in [0, 0.1) is 5.41 Å². The normalized spacial score (nSPS) is 17.9. The van der Waals surface area contributed by atoms with Crippen molar-refractivity contribution >= 4 is 17.3 Å². The van der Waals surface area contributed by atoms with Gasteiger partial charge in [0.1, 0.15) is 0 Å². The summed E-state index contributed by atoms with van der Waals surface area (Å²) in [6, 6.07) is 2.77. The van der Waals surface area contributed by atoms with Gasteiger partial charge in [-0.3, -0.25) is 9.89 Å². The van der Waals surface area contributed by atoms with Gasteiger partial charge in [0, 0.05) is 39.3 Å². The molecule has 1 aliphatic heterocycles. The number of guanidine groups is 1. The van der Waals surface area contributed by atoms with Gasteiger partial charge in [0.15, 0.2) is 5.96 Å². The molecule has 1 saturated heterocycles. The summed E-state index contributed by atoms with van der Waals surface area (Å²) in [5.74, 6) is 0.959. The third-order valence-corrected chi connectivity index (χ3v) is 5.27. The number of piperidine rings is 1. The number of nitrogens with zero attached hydrogens (tertiary/aromatic N) is 2. The van der Waals surface area contributed by atoms with Gasteiger partial charge in [0.25, 0.3) is 0 Å².